The lowest BCUT2D eigenvalue weighted by Gasteiger charge is -2.11. The molecule has 4 heteroatoms. The van der Waals surface area contributed by atoms with E-state index in [-0.39, 0.29) is 0 Å². The van der Waals surface area contributed by atoms with E-state index in [1.807, 2.05) is 36.4 Å². The average molecular weight is 381 g/mol. The minimum atomic E-state index is 0.394. The summed E-state index contributed by atoms with van der Waals surface area (Å²) in [4.78, 5) is 0. The van der Waals surface area contributed by atoms with Gasteiger partial charge in [0.1, 0.15) is 12.4 Å². The summed E-state index contributed by atoms with van der Waals surface area (Å²) in [6.45, 7) is 0.394. The zero-order valence-corrected chi connectivity index (χ0v) is 13.2. The maximum atomic E-state index is 9.03. The van der Waals surface area contributed by atoms with Crippen molar-refractivity contribution in [3.8, 4) is 11.8 Å². The van der Waals surface area contributed by atoms with Crippen LogP contribution < -0.4 is 4.74 Å². The molecule has 0 radical (unpaired) electrons. The van der Waals surface area contributed by atoms with E-state index in [1.54, 1.807) is 6.07 Å². The molecule has 96 valence electrons. The van der Waals surface area contributed by atoms with Crippen molar-refractivity contribution >= 4 is 31.9 Å². The Balaban J connectivity index is 2.17. The summed E-state index contributed by atoms with van der Waals surface area (Å²) >= 11 is 6.88. The van der Waals surface area contributed by atoms with Crippen LogP contribution in [0, 0.1) is 11.3 Å². The highest BCUT2D eigenvalue weighted by molar-refractivity contribution is 9.10. The third kappa shape index (κ3) is 3.59. The fourth-order valence-electron chi connectivity index (χ4n) is 1.70. The normalized spacial score (nSPS) is 9.95. The minimum absolute atomic E-state index is 0.394. The van der Waals surface area contributed by atoms with E-state index in [2.05, 4.69) is 37.9 Å². The van der Waals surface area contributed by atoms with Crippen molar-refractivity contribution in [2.45, 2.75) is 11.9 Å². The van der Waals surface area contributed by atoms with Crippen molar-refractivity contribution in [3.63, 3.8) is 0 Å². The molecule has 19 heavy (non-hydrogen) atoms. The number of hydrogen-bond donors (Lipinski definition) is 0. The van der Waals surface area contributed by atoms with E-state index in [0.29, 0.717) is 12.2 Å². The molecule has 2 nitrogen and oxygen atoms in total. The quantitative estimate of drug-likeness (QED) is 0.714. The molecule has 0 aromatic heterocycles. The van der Waals surface area contributed by atoms with Crippen LogP contribution in [0.2, 0.25) is 0 Å². The van der Waals surface area contributed by atoms with Gasteiger partial charge in [-0.05, 0) is 24.3 Å². The monoisotopic (exact) mass is 379 g/mol. The van der Waals surface area contributed by atoms with E-state index in [0.717, 1.165) is 26.7 Å². The van der Waals surface area contributed by atoms with Crippen LogP contribution in [0.3, 0.4) is 0 Å². The maximum absolute atomic E-state index is 9.03. The molecule has 0 fully saturated rings. The van der Waals surface area contributed by atoms with Gasteiger partial charge in [-0.15, -0.1) is 0 Å². The summed E-state index contributed by atoms with van der Waals surface area (Å²) in [5, 5.41) is 9.76. The minimum Gasteiger partial charge on any atom is -0.489 e. The van der Waals surface area contributed by atoms with Gasteiger partial charge in [0, 0.05) is 20.9 Å². The van der Waals surface area contributed by atoms with Gasteiger partial charge in [0.25, 0.3) is 0 Å². The lowest BCUT2D eigenvalue weighted by Crippen LogP contribution is -2.00. The summed E-state index contributed by atoms with van der Waals surface area (Å²) < 4.78 is 6.83. The second-order valence-electron chi connectivity index (χ2n) is 3.94. The summed E-state index contributed by atoms with van der Waals surface area (Å²) in [7, 11) is 0. The zero-order chi connectivity index (χ0) is 13.7. The Morgan fingerprint density at radius 2 is 1.89 bits per heavy atom. The number of nitriles is 1. The number of benzene rings is 2. The lowest BCUT2D eigenvalue weighted by molar-refractivity contribution is 0.303. The third-order valence-electron chi connectivity index (χ3n) is 2.69. The van der Waals surface area contributed by atoms with Crippen molar-refractivity contribution in [2.75, 3.05) is 0 Å². The largest absolute Gasteiger partial charge is 0.489 e. The lowest BCUT2D eigenvalue weighted by atomic mass is 10.1. The van der Waals surface area contributed by atoms with Crippen LogP contribution in [-0.2, 0) is 11.9 Å². The Morgan fingerprint density at radius 1 is 1.11 bits per heavy atom. The highest BCUT2D eigenvalue weighted by atomic mass is 79.9. The van der Waals surface area contributed by atoms with Gasteiger partial charge in [0.05, 0.1) is 11.6 Å². The summed E-state index contributed by atoms with van der Waals surface area (Å²) in [5.74, 6) is 0.827. The molecule has 0 aliphatic carbocycles. The Bertz CT molecular complexity index is 620. The van der Waals surface area contributed by atoms with E-state index >= 15 is 0 Å². The first-order valence-electron chi connectivity index (χ1n) is 5.70. The number of ether oxygens (including phenoxy) is 1. The maximum Gasteiger partial charge on any atom is 0.123 e. The molecule has 2 rings (SSSR count). The average Bonchev–Trinajstić information content (AvgIpc) is 2.46. The Kier molecular flexibility index (Phi) is 5.00. The predicted molar refractivity (Wildman–Crippen MR) is 82.3 cm³/mol. The van der Waals surface area contributed by atoms with Crippen LogP contribution in [0.25, 0.3) is 0 Å². The summed E-state index contributed by atoms with van der Waals surface area (Å²) in [6.07, 6.45) is 0. The molecule has 0 bridgehead atoms. The van der Waals surface area contributed by atoms with Crippen LogP contribution in [0.5, 0.6) is 5.75 Å². The predicted octanol–water partition coefficient (Wildman–Crippen LogP) is 4.79. The van der Waals surface area contributed by atoms with Gasteiger partial charge in [-0.1, -0.05) is 50.1 Å². The SMILES string of the molecule is N#Cc1ccccc1COc1ccc(Br)cc1CBr. The molecular weight excluding hydrogens is 370 g/mol. The first-order valence-corrected chi connectivity index (χ1v) is 7.61. The molecule has 2 aromatic rings. The first kappa shape index (κ1) is 14.1. The molecule has 0 N–H and O–H groups in total. The topological polar surface area (TPSA) is 33.0 Å². The number of halogens is 2. The second-order valence-corrected chi connectivity index (χ2v) is 5.42. The van der Waals surface area contributed by atoms with E-state index in [9.17, 15) is 0 Å². The highest BCUT2D eigenvalue weighted by Crippen LogP contribution is 2.26. The van der Waals surface area contributed by atoms with Crippen LogP contribution in [0.15, 0.2) is 46.9 Å². The van der Waals surface area contributed by atoms with Gasteiger partial charge in [-0.2, -0.15) is 5.26 Å². The van der Waals surface area contributed by atoms with Crippen LogP contribution in [-0.4, -0.2) is 0 Å². The Labute approximate surface area is 129 Å². The zero-order valence-electron chi connectivity index (χ0n) is 10.1. The molecule has 0 spiro atoms. The molecule has 0 aliphatic rings. The molecule has 0 atom stereocenters. The van der Waals surface area contributed by atoms with E-state index in [1.165, 1.54) is 0 Å². The van der Waals surface area contributed by atoms with Crippen LogP contribution in [0.1, 0.15) is 16.7 Å². The molecule has 0 amide bonds. The Morgan fingerprint density at radius 3 is 2.63 bits per heavy atom. The van der Waals surface area contributed by atoms with Crippen molar-refractivity contribution < 1.29 is 4.74 Å². The number of nitrogens with zero attached hydrogens (tertiary/aromatic N) is 1. The van der Waals surface area contributed by atoms with Gasteiger partial charge >= 0.3 is 0 Å². The molecule has 0 heterocycles. The number of hydrogen-bond acceptors (Lipinski definition) is 2. The van der Waals surface area contributed by atoms with Crippen molar-refractivity contribution in [3.05, 3.63) is 63.6 Å². The fraction of sp³-hybridized carbons (Fsp3) is 0.133. The van der Waals surface area contributed by atoms with Gasteiger partial charge in [-0.3, -0.25) is 0 Å². The first-order chi connectivity index (χ1) is 9.24. The van der Waals surface area contributed by atoms with E-state index < -0.39 is 0 Å². The fourth-order valence-corrected chi connectivity index (χ4v) is 2.55. The van der Waals surface area contributed by atoms with Gasteiger partial charge in [0.2, 0.25) is 0 Å². The highest BCUT2D eigenvalue weighted by Gasteiger charge is 2.06. The van der Waals surface area contributed by atoms with Gasteiger partial charge in [0.15, 0.2) is 0 Å². The number of rotatable bonds is 4. The van der Waals surface area contributed by atoms with Gasteiger partial charge < -0.3 is 4.74 Å². The van der Waals surface area contributed by atoms with Crippen LogP contribution in [0.4, 0.5) is 0 Å². The molecule has 0 saturated carbocycles. The summed E-state index contributed by atoms with van der Waals surface area (Å²) in [5.41, 5.74) is 2.62. The molecule has 0 aliphatic heterocycles. The van der Waals surface area contributed by atoms with Crippen molar-refractivity contribution in [1.29, 1.82) is 5.26 Å². The van der Waals surface area contributed by atoms with Crippen molar-refractivity contribution in [2.24, 2.45) is 0 Å². The van der Waals surface area contributed by atoms with E-state index in [4.69, 9.17) is 10.00 Å². The molecule has 0 saturated heterocycles. The van der Waals surface area contributed by atoms with Crippen molar-refractivity contribution in [1.82, 2.24) is 0 Å². The van der Waals surface area contributed by atoms with Gasteiger partial charge in [-0.25, -0.2) is 0 Å². The standard InChI is InChI=1S/C15H11Br2NO/c16-8-13-7-14(17)5-6-15(13)19-10-12-4-2-1-3-11(12)9-18/h1-7H,8,10H2. The van der Waals surface area contributed by atoms with Crippen LogP contribution >= 0.6 is 31.9 Å². The molecular formula is C15H11Br2NO. The Hall–Kier alpha value is -1.31. The second kappa shape index (κ2) is 6.74. The summed E-state index contributed by atoms with van der Waals surface area (Å²) in [6, 6.07) is 15.5. The molecule has 0 unspecified atom stereocenters. The smallest absolute Gasteiger partial charge is 0.123 e. The molecule has 2 aromatic carbocycles. The number of alkyl halides is 1. The third-order valence-corrected chi connectivity index (χ3v) is 3.78.